The molecule has 28 heteroatoms. The van der Waals surface area contributed by atoms with Crippen molar-refractivity contribution in [3.8, 4) is 45.9 Å². The minimum absolute atomic E-state index is 0. The molecule has 4 aromatic carbocycles. The summed E-state index contributed by atoms with van der Waals surface area (Å²) in [6, 6.07) is 34.9. The van der Waals surface area contributed by atoms with E-state index in [-0.39, 0.29) is 80.9 Å². The van der Waals surface area contributed by atoms with E-state index in [0.29, 0.717) is 68.0 Å². The largest absolute Gasteiger partial charge is 1.00 e. The van der Waals surface area contributed by atoms with Gasteiger partial charge in [0.15, 0.2) is 36.0 Å². The molecular formula is C54H46N8Na2O14S4. The van der Waals surface area contributed by atoms with Gasteiger partial charge in [0.1, 0.15) is 36.2 Å². The number of carboxylic acids is 2. The van der Waals surface area contributed by atoms with Gasteiger partial charge in [-0.25, -0.2) is 17.9 Å². The molecule has 6 aromatic heterocycles. The number of aromatic nitrogens is 8. The molecule has 0 amide bonds. The van der Waals surface area contributed by atoms with Crippen molar-refractivity contribution in [2.45, 2.75) is 35.7 Å². The van der Waals surface area contributed by atoms with E-state index < -0.39 is 46.8 Å². The second-order valence-corrected chi connectivity index (χ2v) is 20.8. The van der Waals surface area contributed by atoms with Gasteiger partial charge < -0.3 is 57.7 Å². The van der Waals surface area contributed by atoms with Gasteiger partial charge >= 0.3 is 59.1 Å². The number of rotatable bonds is 24. The summed E-state index contributed by atoms with van der Waals surface area (Å²) in [5.41, 5.74) is 7.24. The van der Waals surface area contributed by atoms with E-state index in [0.717, 1.165) is 47.0 Å². The number of hydrogen-bond acceptors (Lipinski definition) is 20. The summed E-state index contributed by atoms with van der Waals surface area (Å²) < 4.78 is 66.1. The average molecular weight is 1210 g/mol. The van der Waals surface area contributed by atoms with Gasteiger partial charge in [0.2, 0.25) is 10.3 Å². The monoisotopic (exact) mass is 1200 g/mol. The van der Waals surface area contributed by atoms with Crippen LogP contribution in [0.1, 0.15) is 22.5 Å². The molecule has 412 valence electrons. The summed E-state index contributed by atoms with van der Waals surface area (Å²) in [5, 5.41) is 21.7. The standard InChI is InChI=1S/2C27H24N4O7S2.2Na/c1-18-23(28-12-11-25(18)35-2)17-40(34)27-29-22-15-19(30-13-3-4-14-30)5-10-24(22)31(27)39-38-37-21-8-6-20(7-9-21)36-16-26(32)33;1-18-23(28-12-11-25(18)35-2)17-40(34)27-29-22-10-5-19(30-13-3-4-14-30)15-24(22)31(27)39-38-37-21-8-6-20(7-9-21)36-16-26(32)33;;/h2*3-15H,16-17H2,1-2H3,(H,32,33);;/q;;2*+1/p-2. The molecule has 0 bridgehead atoms. The van der Waals surface area contributed by atoms with Gasteiger partial charge in [0, 0.05) is 59.7 Å². The number of aliphatic carboxylic acids is 2. The molecule has 0 aliphatic heterocycles. The second-order valence-electron chi connectivity index (χ2n) is 16.8. The minimum atomic E-state index is -1.60. The Morgan fingerprint density at radius 1 is 0.537 bits per heavy atom. The Hall–Kier alpha value is -6.66. The number of ether oxygens (including phenoxy) is 4. The third-order valence-corrected chi connectivity index (χ3v) is 15.6. The summed E-state index contributed by atoms with van der Waals surface area (Å²) in [4.78, 5) is 50.1. The van der Waals surface area contributed by atoms with Gasteiger partial charge in [-0.05, 0) is 135 Å². The third kappa shape index (κ3) is 15.9. The molecule has 2 unspecified atom stereocenters. The fourth-order valence-corrected chi connectivity index (χ4v) is 11.7. The van der Waals surface area contributed by atoms with E-state index in [1.165, 1.54) is 24.3 Å². The van der Waals surface area contributed by atoms with E-state index >= 15 is 0 Å². The van der Waals surface area contributed by atoms with Crippen molar-refractivity contribution in [3.05, 3.63) is 181 Å². The molecule has 2 atom stereocenters. The van der Waals surface area contributed by atoms with Gasteiger partial charge in [-0.3, -0.25) is 18.4 Å². The first-order chi connectivity index (χ1) is 38.8. The average Bonchev–Trinajstić information content (AvgIpc) is 4.35. The van der Waals surface area contributed by atoms with E-state index in [1.54, 1.807) is 71.0 Å². The molecule has 0 aliphatic carbocycles. The van der Waals surface area contributed by atoms with Gasteiger partial charge in [-0.2, -0.15) is 0 Å². The van der Waals surface area contributed by atoms with Gasteiger partial charge in [0.25, 0.3) is 0 Å². The fourth-order valence-electron chi connectivity index (χ4n) is 7.68. The Balaban J connectivity index is 0.000000230. The number of carbonyl (C=O) groups excluding carboxylic acids is 2. The number of pyridine rings is 2. The molecule has 0 spiro atoms. The molecule has 0 saturated carbocycles. The van der Waals surface area contributed by atoms with Crippen LogP contribution >= 0.6 is 24.5 Å². The van der Waals surface area contributed by atoms with Crippen LogP contribution in [0.15, 0.2) is 169 Å². The Morgan fingerprint density at radius 2 is 0.951 bits per heavy atom. The van der Waals surface area contributed by atoms with Crippen molar-refractivity contribution in [2.75, 3.05) is 27.4 Å². The molecule has 10 aromatic rings. The number of methoxy groups -OCH3 is 2. The van der Waals surface area contributed by atoms with Crippen molar-refractivity contribution in [1.82, 2.24) is 37.0 Å². The van der Waals surface area contributed by atoms with Gasteiger partial charge in [0.05, 0.1) is 92.7 Å². The Labute approximate surface area is 527 Å². The molecule has 22 nitrogen and oxygen atoms in total. The number of carbonyl (C=O) groups is 2. The van der Waals surface area contributed by atoms with Crippen molar-refractivity contribution in [1.29, 1.82) is 0 Å². The molecular weight excluding hydrogens is 1160 g/mol. The summed E-state index contributed by atoms with van der Waals surface area (Å²) in [5.74, 6) is 0.261. The number of benzene rings is 4. The summed E-state index contributed by atoms with van der Waals surface area (Å²) in [7, 11) is -0.0450. The van der Waals surface area contributed by atoms with Crippen LogP contribution in [0.5, 0.6) is 34.5 Å². The Morgan fingerprint density at radius 3 is 1.40 bits per heavy atom. The zero-order chi connectivity index (χ0) is 56.1. The molecule has 10 rings (SSSR count). The normalized spacial score (nSPS) is 11.6. The van der Waals surface area contributed by atoms with E-state index in [1.807, 2.05) is 108 Å². The van der Waals surface area contributed by atoms with Crippen LogP contribution in [0, 0.1) is 13.8 Å². The molecule has 0 aliphatic rings. The number of imidazole rings is 2. The molecule has 6 heterocycles. The van der Waals surface area contributed by atoms with Crippen molar-refractivity contribution in [3.63, 3.8) is 0 Å². The van der Waals surface area contributed by atoms with Crippen molar-refractivity contribution in [2.24, 2.45) is 0 Å². The smallest absolute Gasteiger partial charge is 0.546 e. The van der Waals surface area contributed by atoms with Crippen LogP contribution in [0.4, 0.5) is 0 Å². The SMILES string of the molecule is COc1ccnc(CS(=O)c2nc3cc(-n4cccc4)ccc3n2SOOc2ccc(OCC(=O)[O-])cc2)c1C.COc1ccnc(CS(=O)c2nc3ccc(-n4cccc4)cc3n2SOOc2ccc(OCC(=O)[O-])cc2)c1C.[Na+].[Na+]. The summed E-state index contributed by atoms with van der Waals surface area (Å²) in [6.45, 7) is 2.61. The Bertz CT molecular complexity index is 3750. The summed E-state index contributed by atoms with van der Waals surface area (Å²) in [6.07, 6.45) is 10.9. The zero-order valence-corrected chi connectivity index (χ0v) is 52.0. The third-order valence-electron chi connectivity index (χ3n) is 11.7. The second kappa shape index (κ2) is 30.1. The maximum Gasteiger partial charge on any atom is 1.00 e. The minimum Gasteiger partial charge on any atom is -0.546 e. The van der Waals surface area contributed by atoms with Crippen molar-refractivity contribution < 1.29 is 125 Å². The van der Waals surface area contributed by atoms with Crippen LogP contribution in [-0.4, -0.2) is 84.8 Å². The quantitative estimate of drug-likeness (QED) is 0.0351. The molecule has 82 heavy (non-hydrogen) atoms. The topological polar surface area (TPSA) is 260 Å². The molecule has 0 N–H and O–H groups in total. The van der Waals surface area contributed by atoms with Gasteiger partial charge in [-0.15, -0.1) is 0 Å². The number of carboxylic acid groups (broad SMARTS) is 2. The van der Waals surface area contributed by atoms with Gasteiger partial charge in [-0.1, -0.05) is 8.67 Å². The molecule has 0 radical (unpaired) electrons. The number of nitrogens with zero attached hydrogens (tertiary/aromatic N) is 8. The predicted octanol–water partition coefficient (Wildman–Crippen LogP) is 0.803. The first-order valence-electron chi connectivity index (χ1n) is 23.8. The van der Waals surface area contributed by atoms with Crippen LogP contribution < -0.4 is 98.1 Å². The first-order valence-corrected chi connectivity index (χ1v) is 27.8. The van der Waals surface area contributed by atoms with E-state index in [4.69, 9.17) is 37.4 Å². The number of hydrogen-bond donors (Lipinski definition) is 0. The molecule has 0 saturated heterocycles. The summed E-state index contributed by atoms with van der Waals surface area (Å²) >= 11 is 1.64. The van der Waals surface area contributed by atoms with Crippen LogP contribution in [-0.2, 0) is 51.4 Å². The van der Waals surface area contributed by atoms with Crippen LogP contribution in [0.3, 0.4) is 0 Å². The molecule has 0 fully saturated rings. The van der Waals surface area contributed by atoms with E-state index in [2.05, 4.69) is 19.9 Å². The maximum absolute atomic E-state index is 13.6. The fraction of sp³-hybridized carbons (Fsp3) is 0.148. The first kappa shape index (κ1) is 62.9. The maximum atomic E-state index is 13.6. The van der Waals surface area contributed by atoms with E-state index in [9.17, 15) is 28.2 Å². The Kier molecular flexibility index (Phi) is 23.1. The van der Waals surface area contributed by atoms with Crippen molar-refractivity contribution >= 4 is 80.1 Å². The van der Waals surface area contributed by atoms with Crippen LogP contribution in [0.2, 0.25) is 0 Å². The number of fused-ring (bicyclic) bond motifs is 2. The predicted molar refractivity (Wildman–Crippen MR) is 293 cm³/mol. The zero-order valence-electron chi connectivity index (χ0n) is 44.8. The van der Waals surface area contributed by atoms with Crippen LogP contribution in [0.25, 0.3) is 33.4 Å².